The maximum Gasteiger partial charge on any atom is 0.220 e. The molecule has 1 aliphatic rings. The average molecular weight is 317 g/mol. The molecule has 0 bridgehead atoms. The number of aromatic nitrogens is 1. The second kappa shape index (κ2) is 5.29. The van der Waals surface area contributed by atoms with E-state index in [-0.39, 0.29) is 5.75 Å². The summed E-state index contributed by atoms with van der Waals surface area (Å²) in [5, 5.41) is 0. The van der Waals surface area contributed by atoms with Gasteiger partial charge in [0.15, 0.2) is 0 Å². The van der Waals surface area contributed by atoms with Crippen molar-refractivity contribution in [3.63, 3.8) is 0 Å². The maximum absolute atomic E-state index is 12.1. The fourth-order valence-corrected chi connectivity index (χ4v) is 3.36. The summed E-state index contributed by atoms with van der Waals surface area (Å²) in [5.74, 6) is -0.0285. The molecule has 0 unspecified atom stereocenters. The van der Waals surface area contributed by atoms with Crippen molar-refractivity contribution in [3.8, 4) is 0 Å². The zero-order valence-corrected chi connectivity index (χ0v) is 11.6. The highest BCUT2D eigenvalue weighted by Crippen LogP contribution is 2.19. The summed E-state index contributed by atoms with van der Waals surface area (Å²) in [4.78, 5) is 4.04. The first-order valence-electron chi connectivity index (χ1n) is 5.30. The van der Waals surface area contributed by atoms with Gasteiger partial charge in [0, 0.05) is 19.3 Å². The molecule has 0 radical (unpaired) electrons. The zero-order valence-electron chi connectivity index (χ0n) is 9.21. The molecule has 0 saturated heterocycles. The van der Waals surface area contributed by atoms with Crippen LogP contribution in [0.1, 0.15) is 12.1 Å². The van der Waals surface area contributed by atoms with E-state index >= 15 is 0 Å². The van der Waals surface area contributed by atoms with Crippen LogP contribution in [-0.4, -0.2) is 30.8 Å². The minimum atomic E-state index is -3.25. The summed E-state index contributed by atoms with van der Waals surface area (Å²) in [5.41, 5.74) is 0.584. The molecule has 1 aliphatic heterocycles. The lowest BCUT2D eigenvalue weighted by Gasteiger charge is -2.23. The van der Waals surface area contributed by atoms with Crippen LogP contribution >= 0.6 is 15.9 Å². The SMILES string of the molecule is O=S(=O)(Cc1ccccn1)N1CC=C(Br)CC1. The van der Waals surface area contributed by atoms with Gasteiger partial charge in [0.25, 0.3) is 0 Å². The van der Waals surface area contributed by atoms with Crippen LogP contribution in [0.5, 0.6) is 0 Å². The molecule has 0 atom stereocenters. The smallest absolute Gasteiger partial charge is 0.220 e. The average Bonchev–Trinajstić information content (AvgIpc) is 2.30. The molecular formula is C11H13BrN2O2S. The number of hydrogen-bond acceptors (Lipinski definition) is 3. The van der Waals surface area contributed by atoms with E-state index in [1.165, 1.54) is 4.31 Å². The Hall–Kier alpha value is -0.720. The Bertz CT molecular complexity index is 514. The number of halogens is 1. The Balaban J connectivity index is 2.10. The van der Waals surface area contributed by atoms with E-state index in [0.717, 1.165) is 10.9 Å². The molecule has 0 amide bonds. The van der Waals surface area contributed by atoms with Gasteiger partial charge in [0.2, 0.25) is 10.0 Å². The van der Waals surface area contributed by atoms with Gasteiger partial charge in [0.05, 0.1) is 5.69 Å². The minimum absolute atomic E-state index is 0.0285. The van der Waals surface area contributed by atoms with Crippen LogP contribution in [0.25, 0.3) is 0 Å². The predicted molar refractivity (Wildman–Crippen MR) is 70.1 cm³/mol. The van der Waals surface area contributed by atoms with Crippen molar-refractivity contribution in [2.24, 2.45) is 0 Å². The Labute approximate surface area is 110 Å². The quantitative estimate of drug-likeness (QED) is 0.855. The molecule has 0 saturated carbocycles. The summed E-state index contributed by atoms with van der Waals surface area (Å²) < 4.78 is 26.8. The van der Waals surface area contributed by atoms with Gasteiger partial charge in [-0.1, -0.05) is 28.1 Å². The fraction of sp³-hybridized carbons (Fsp3) is 0.364. The third kappa shape index (κ3) is 3.37. The van der Waals surface area contributed by atoms with Crippen LogP contribution in [0.4, 0.5) is 0 Å². The van der Waals surface area contributed by atoms with E-state index in [2.05, 4.69) is 20.9 Å². The van der Waals surface area contributed by atoms with Crippen molar-refractivity contribution in [2.45, 2.75) is 12.2 Å². The Kier molecular flexibility index (Phi) is 3.96. The molecule has 17 heavy (non-hydrogen) atoms. The minimum Gasteiger partial charge on any atom is -0.260 e. The molecule has 92 valence electrons. The molecule has 1 aromatic heterocycles. The predicted octanol–water partition coefficient (Wildman–Crippen LogP) is 1.90. The van der Waals surface area contributed by atoms with E-state index in [9.17, 15) is 8.42 Å². The lowest BCUT2D eigenvalue weighted by atomic mass is 10.3. The van der Waals surface area contributed by atoms with E-state index < -0.39 is 10.0 Å². The van der Waals surface area contributed by atoms with Gasteiger partial charge in [-0.05, 0) is 23.0 Å². The molecule has 0 spiro atoms. The number of nitrogens with zero attached hydrogens (tertiary/aromatic N) is 2. The molecule has 4 nitrogen and oxygen atoms in total. The van der Waals surface area contributed by atoms with Crippen molar-refractivity contribution < 1.29 is 8.42 Å². The van der Waals surface area contributed by atoms with E-state index in [1.807, 2.05) is 6.08 Å². The molecule has 1 aromatic rings. The van der Waals surface area contributed by atoms with Gasteiger partial charge in [-0.3, -0.25) is 4.98 Å². The normalized spacial score (nSPS) is 17.8. The second-order valence-corrected chi connectivity index (χ2v) is 6.82. The van der Waals surface area contributed by atoms with Crippen LogP contribution < -0.4 is 0 Å². The number of hydrogen-bond donors (Lipinski definition) is 0. The number of pyridine rings is 1. The molecule has 2 rings (SSSR count). The summed E-state index contributed by atoms with van der Waals surface area (Å²) >= 11 is 3.38. The topological polar surface area (TPSA) is 50.3 Å². The van der Waals surface area contributed by atoms with Crippen LogP contribution in [0.15, 0.2) is 35.0 Å². The summed E-state index contributed by atoms with van der Waals surface area (Å²) in [6, 6.07) is 5.30. The van der Waals surface area contributed by atoms with Crippen LogP contribution in [0, 0.1) is 0 Å². The Morgan fingerprint density at radius 2 is 2.24 bits per heavy atom. The largest absolute Gasteiger partial charge is 0.260 e. The monoisotopic (exact) mass is 316 g/mol. The van der Waals surface area contributed by atoms with E-state index in [0.29, 0.717) is 18.8 Å². The van der Waals surface area contributed by atoms with Crippen molar-refractivity contribution in [3.05, 3.63) is 40.6 Å². The van der Waals surface area contributed by atoms with Crippen molar-refractivity contribution in [1.29, 1.82) is 0 Å². The molecular weight excluding hydrogens is 304 g/mol. The van der Waals surface area contributed by atoms with Gasteiger partial charge < -0.3 is 0 Å². The first-order chi connectivity index (χ1) is 8.08. The Morgan fingerprint density at radius 1 is 1.41 bits per heavy atom. The first-order valence-corrected chi connectivity index (χ1v) is 7.70. The first kappa shape index (κ1) is 12.7. The molecule has 6 heteroatoms. The van der Waals surface area contributed by atoms with Crippen LogP contribution in [-0.2, 0) is 15.8 Å². The lowest BCUT2D eigenvalue weighted by Crippen LogP contribution is -2.35. The standard InChI is InChI=1S/C11H13BrN2O2S/c12-10-4-7-14(8-5-10)17(15,16)9-11-3-1-2-6-13-11/h1-4,6H,5,7-9H2. The van der Waals surface area contributed by atoms with Gasteiger partial charge in [-0.25, -0.2) is 8.42 Å². The second-order valence-electron chi connectivity index (χ2n) is 3.84. The highest BCUT2D eigenvalue weighted by atomic mass is 79.9. The maximum atomic E-state index is 12.1. The van der Waals surface area contributed by atoms with Crippen molar-refractivity contribution >= 4 is 26.0 Å². The molecule has 0 aromatic carbocycles. The number of rotatable bonds is 3. The van der Waals surface area contributed by atoms with E-state index in [4.69, 9.17) is 0 Å². The third-order valence-electron chi connectivity index (χ3n) is 2.57. The van der Waals surface area contributed by atoms with Crippen LogP contribution in [0.3, 0.4) is 0 Å². The Morgan fingerprint density at radius 3 is 2.82 bits per heavy atom. The fourth-order valence-electron chi connectivity index (χ4n) is 1.64. The van der Waals surface area contributed by atoms with Crippen molar-refractivity contribution in [1.82, 2.24) is 9.29 Å². The van der Waals surface area contributed by atoms with Gasteiger partial charge in [-0.2, -0.15) is 4.31 Å². The number of sulfonamides is 1. The molecule has 2 heterocycles. The van der Waals surface area contributed by atoms with Gasteiger partial charge >= 0.3 is 0 Å². The molecule has 0 fully saturated rings. The molecule has 0 aliphatic carbocycles. The van der Waals surface area contributed by atoms with Gasteiger partial charge in [-0.15, -0.1) is 0 Å². The molecule has 0 N–H and O–H groups in total. The zero-order chi connectivity index (χ0) is 12.3. The summed E-state index contributed by atoms with van der Waals surface area (Å²) in [6.07, 6.45) is 4.23. The van der Waals surface area contributed by atoms with Crippen molar-refractivity contribution in [2.75, 3.05) is 13.1 Å². The lowest BCUT2D eigenvalue weighted by molar-refractivity contribution is 0.435. The highest BCUT2D eigenvalue weighted by molar-refractivity contribution is 9.11. The highest BCUT2D eigenvalue weighted by Gasteiger charge is 2.24. The summed E-state index contributed by atoms with van der Waals surface area (Å²) in [6.45, 7) is 0.974. The van der Waals surface area contributed by atoms with E-state index in [1.54, 1.807) is 24.4 Å². The summed E-state index contributed by atoms with van der Waals surface area (Å²) in [7, 11) is -3.25. The third-order valence-corrected chi connectivity index (χ3v) is 5.07. The van der Waals surface area contributed by atoms with Gasteiger partial charge in [0.1, 0.15) is 5.75 Å². The van der Waals surface area contributed by atoms with Crippen LogP contribution in [0.2, 0.25) is 0 Å².